The monoisotopic (exact) mass is 363 g/mol. The van der Waals surface area contributed by atoms with Gasteiger partial charge in [0.05, 0.1) is 0 Å². The Balaban J connectivity index is 1.39. The Morgan fingerprint density at radius 2 is 1.95 bits per heavy atom. The van der Waals surface area contributed by atoms with Crippen LogP contribution in [0.2, 0.25) is 0 Å². The van der Waals surface area contributed by atoms with Crippen LogP contribution in [0.1, 0.15) is 31.2 Å². The fourth-order valence-electron chi connectivity index (χ4n) is 3.07. The van der Waals surface area contributed by atoms with Crippen LogP contribution >= 0.6 is 15.9 Å². The van der Waals surface area contributed by atoms with Gasteiger partial charge < -0.3 is 10.6 Å². The van der Waals surface area contributed by atoms with Gasteiger partial charge in [0.1, 0.15) is 0 Å². The van der Waals surface area contributed by atoms with Crippen LogP contribution in [0.4, 0.5) is 11.9 Å². The normalized spacial score (nSPS) is 16.1. The molecule has 22 heavy (non-hydrogen) atoms. The molecule has 1 aliphatic rings. The molecule has 118 valence electrons. The minimum absolute atomic E-state index is 0.395. The molecule has 0 saturated carbocycles. The maximum Gasteiger partial charge on any atom is 0.246 e. The van der Waals surface area contributed by atoms with E-state index in [1.165, 1.54) is 37.7 Å². The Hall–Kier alpha value is -1.56. The Labute approximate surface area is 139 Å². The van der Waals surface area contributed by atoms with E-state index in [1.807, 2.05) is 0 Å². The number of nitrogens with zero attached hydrogens (tertiary/aromatic N) is 3. The molecule has 0 bridgehead atoms. The molecular formula is C16H22BrN5. The van der Waals surface area contributed by atoms with Gasteiger partial charge in [-0.05, 0) is 55.7 Å². The zero-order valence-electron chi connectivity index (χ0n) is 12.6. The van der Waals surface area contributed by atoms with Crippen molar-refractivity contribution >= 4 is 27.8 Å². The molecule has 1 saturated heterocycles. The van der Waals surface area contributed by atoms with Crippen LogP contribution in [0, 0.1) is 5.92 Å². The van der Waals surface area contributed by atoms with Crippen LogP contribution < -0.4 is 10.6 Å². The lowest BCUT2D eigenvalue weighted by Crippen LogP contribution is -2.34. The van der Waals surface area contributed by atoms with E-state index in [9.17, 15) is 0 Å². The minimum atomic E-state index is 0.395. The SMILES string of the molecule is Nc1nc(N2CCC(CCCc3ccc(Br)cc3)CC2)n[nH]1. The van der Waals surface area contributed by atoms with Crippen LogP contribution in [0.3, 0.4) is 0 Å². The zero-order chi connectivity index (χ0) is 15.4. The smallest absolute Gasteiger partial charge is 0.246 e. The van der Waals surface area contributed by atoms with Crippen molar-refractivity contribution in [2.75, 3.05) is 23.7 Å². The molecule has 0 spiro atoms. The average Bonchev–Trinajstić information content (AvgIpc) is 2.97. The van der Waals surface area contributed by atoms with Gasteiger partial charge >= 0.3 is 0 Å². The summed E-state index contributed by atoms with van der Waals surface area (Å²) >= 11 is 3.48. The van der Waals surface area contributed by atoms with Gasteiger partial charge in [-0.1, -0.05) is 28.1 Å². The van der Waals surface area contributed by atoms with Gasteiger partial charge in [0.15, 0.2) is 0 Å². The predicted molar refractivity (Wildman–Crippen MR) is 92.8 cm³/mol. The Morgan fingerprint density at radius 1 is 1.23 bits per heavy atom. The van der Waals surface area contributed by atoms with Crippen LogP contribution in [-0.4, -0.2) is 28.3 Å². The first-order valence-corrected chi connectivity index (χ1v) is 8.67. The molecule has 1 fully saturated rings. The summed E-state index contributed by atoms with van der Waals surface area (Å²) in [7, 11) is 0. The van der Waals surface area contributed by atoms with Gasteiger partial charge in [0.25, 0.3) is 0 Å². The lowest BCUT2D eigenvalue weighted by atomic mass is 9.91. The zero-order valence-corrected chi connectivity index (χ0v) is 14.2. The van der Waals surface area contributed by atoms with Gasteiger partial charge in [-0.2, -0.15) is 4.98 Å². The van der Waals surface area contributed by atoms with Crippen LogP contribution in [-0.2, 0) is 6.42 Å². The summed E-state index contributed by atoms with van der Waals surface area (Å²) < 4.78 is 1.15. The number of nitrogens with one attached hydrogen (secondary N) is 1. The number of H-pyrrole nitrogens is 1. The van der Waals surface area contributed by atoms with Gasteiger partial charge in [-0.15, -0.1) is 5.10 Å². The molecule has 6 heteroatoms. The van der Waals surface area contributed by atoms with Crippen molar-refractivity contribution in [1.82, 2.24) is 15.2 Å². The maximum atomic E-state index is 5.58. The summed E-state index contributed by atoms with van der Waals surface area (Å²) in [5, 5.41) is 6.84. The third-order valence-electron chi connectivity index (χ3n) is 4.38. The lowest BCUT2D eigenvalue weighted by Gasteiger charge is -2.31. The lowest BCUT2D eigenvalue weighted by molar-refractivity contribution is 0.371. The van der Waals surface area contributed by atoms with E-state index in [0.29, 0.717) is 5.95 Å². The molecule has 5 nitrogen and oxygen atoms in total. The molecule has 0 atom stereocenters. The highest BCUT2D eigenvalue weighted by molar-refractivity contribution is 9.10. The Bertz CT molecular complexity index is 587. The summed E-state index contributed by atoms with van der Waals surface area (Å²) in [5.41, 5.74) is 7.01. The first-order chi connectivity index (χ1) is 10.7. The summed E-state index contributed by atoms with van der Waals surface area (Å²) in [6.45, 7) is 2.06. The number of piperidine rings is 1. The number of rotatable bonds is 5. The summed E-state index contributed by atoms with van der Waals surface area (Å²) in [4.78, 5) is 6.42. The summed E-state index contributed by atoms with van der Waals surface area (Å²) in [6, 6.07) is 8.66. The molecule has 3 N–H and O–H groups in total. The van der Waals surface area contributed by atoms with E-state index in [4.69, 9.17) is 5.73 Å². The molecule has 0 unspecified atom stereocenters. The van der Waals surface area contributed by atoms with E-state index in [2.05, 4.69) is 60.3 Å². The number of halogens is 1. The number of aromatic nitrogens is 3. The highest BCUT2D eigenvalue weighted by Crippen LogP contribution is 2.25. The number of hydrogen-bond acceptors (Lipinski definition) is 4. The summed E-state index contributed by atoms with van der Waals surface area (Å²) in [5.74, 6) is 1.96. The number of nitrogen functional groups attached to an aromatic ring is 1. The van der Waals surface area contributed by atoms with Crippen LogP contribution in [0.25, 0.3) is 0 Å². The van der Waals surface area contributed by atoms with Gasteiger partial charge in [0.2, 0.25) is 11.9 Å². The summed E-state index contributed by atoms with van der Waals surface area (Å²) in [6.07, 6.45) is 6.18. The Kier molecular flexibility index (Phi) is 4.97. The molecule has 1 aromatic heterocycles. The van der Waals surface area contributed by atoms with Gasteiger partial charge in [-0.25, -0.2) is 5.10 Å². The number of aromatic amines is 1. The van der Waals surface area contributed by atoms with E-state index in [1.54, 1.807) is 0 Å². The van der Waals surface area contributed by atoms with Crippen molar-refractivity contribution in [2.45, 2.75) is 32.1 Å². The van der Waals surface area contributed by atoms with Crippen molar-refractivity contribution in [1.29, 1.82) is 0 Å². The third-order valence-corrected chi connectivity index (χ3v) is 4.91. The molecule has 1 aromatic carbocycles. The first-order valence-electron chi connectivity index (χ1n) is 7.88. The fourth-order valence-corrected chi connectivity index (χ4v) is 3.34. The second kappa shape index (κ2) is 7.13. The quantitative estimate of drug-likeness (QED) is 0.853. The number of aryl methyl sites for hydroxylation is 1. The van der Waals surface area contributed by atoms with Crippen LogP contribution in [0.15, 0.2) is 28.7 Å². The topological polar surface area (TPSA) is 70.8 Å². The van der Waals surface area contributed by atoms with Crippen molar-refractivity contribution in [3.8, 4) is 0 Å². The third kappa shape index (κ3) is 4.00. The van der Waals surface area contributed by atoms with Crippen molar-refractivity contribution in [3.63, 3.8) is 0 Å². The number of hydrogen-bond donors (Lipinski definition) is 2. The number of benzene rings is 1. The van der Waals surface area contributed by atoms with Gasteiger partial charge in [0, 0.05) is 17.6 Å². The number of anilines is 2. The van der Waals surface area contributed by atoms with E-state index < -0.39 is 0 Å². The predicted octanol–water partition coefficient (Wildman–Crippen LogP) is 3.39. The molecule has 0 amide bonds. The first kappa shape index (κ1) is 15.3. The molecule has 0 aliphatic carbocycles. The standard InChI is InChI=1S/C16H22BrN5/c17-14-6-4-12(5-7-14)2-1-3-13-8-10-22(11-9-13)16-19-15(18)20-21-16/h4-7,13H,1-3,8-11H2,(H3,18,19,20,21). The second-order valence-corrected chi connectivity index (χ2v) is 6.89. The number of nitrogens with two attached hydrogens (primary N) is 1. The molecular weight excluding hydrogens is 342 g/mol. The van der Waals surface area contributed by atoms with Crippen molar-refractivity contribution in [2.24, 2.45) is 5.92 Å². The molecule has 1 aliphatic heterocycles. The van der Waals surface area contributed by atoms with Gasteiger partial charge in [-0.3, -0.25) is 0 Å². The van der Waals surface area contributed by atoms with E-state index in [0.717, 1.165) is 29.4 Å². The molecule has 2 aromatic rings. The van der Waals surface area contributed by atoms with Crippen LogP contribution in [0.5, 0.6) is 0 Å². The Morgan fingerprint density at radius 3 is 2.59 bits per heavy atom. The fraction of sp³-hybridized carbons (Fsp3) is 0.500. The second-order valence-electron chi connectivity index (χ2n) is 5.97. The molecule has 2 heterocycles. The van der Waals surface area contributed by atoms with E-state index in [-0.39, 0.29) is 0 Å². The molecule has 3 rings (SSSR count). The maximum absolute atomic E-state index is 5.58. The molecule has 0 radical (unpaired) electrons. The van der Waals surface area contributed by atoms with E-state index >= 15 is 0 Å². The minimum Gasteiger partial charge on any atom is -0.368 e. The van der Waals surface area contributed by atoms with Crippen molar-refractivity contribution < 1.29 is 0 Å². The highest BCUT2D eigenvalue weighted by atomic mass is 79.9. The van der Waals surface area contributed by atoms with Crippen molar-refractivity contribution in [3.05, 3.63) is 34.3 Å². The largest absolute Gasteiger partial charge is 0.368 e. The highest BCUT2D eigenvalue weighted by Gasteiger charge is 2.21. The average molecular weight is 364 g/mol.